The Hall–Kier alpha value is -3.04. The number of amides is 1. The zero-order chi connectivity index (χ0) is 20.7. The van der Waals surface area contributed by atoms with Crippen LogP contribution in [0.4, 0.5) is 0 Å². The van der Waals surface area contributed by atoms with Crippen LogP contribution in [0.15, 0.2) is 40.9 Å². The minimum absolute atomic E-state index is 0.0399. The van der Waals surface area contributed by atoms with Crippen molar-refractivity contribution >= 4 is 21.8 Å². The van der Waals surface area contributed by atoms with Crippen LogP contribution < -0.4 is 4.74 Å². The minimum Gasteiger partial charge on any atom is -0.507 e. The number of hydrogen-bond acceptors (Lipinski definition) is 6. The van der Waals surface area contributed by atoms with Crippen LogP contribution in [0, 0.1) is 0 Å². The molecule has 0 radical (unpaired) electrons. The van der Waals surface area contributed by atoms with Crippen molar-refractivity contribution in [3.63, 3.8) is 0 Å². The number of H-pyrrole nitrogens is 1. The zero-order valence-corrected chi connectivity index (χ0v) is 17.0. The molecule has 1 atom stereocenters. The SMILES string of the molecule is COc1cc([C@@H]2c3c(-c4ccccc4O)n[nH]c3C(=O)N2CCO)cc(Br)c1O. The fourth-order valence-corrected chi connectivity index (χ4v) is 4.13. The highest BCUT2D eigenvalue weighted by molar-refractivity contribution is 9.10. The number of carbonyl (C=O) groups excluding carboxylic acids is 1. The number of nitrogens with zero attached hydrogens (tertiary/aromatic N) is 2. The summed E-state index contributed by atoms with van der Waals surface area (Å²) < 4.78 is 5.66. The van der Waals surface area contributed by atoms with Gasteiger partial charge in [-0.05, 0) is 45.8 Å². The van der Waals surface area contributed by atoms with E-state index in [9.17, 15) is 20.1 Å². The fourth-order valence-electron chi connectivity index (χ4n) is 3.67. The van der Waals surface area contributed by atoms with E-state index in [4.69, 9.17) is 4.74 Å². The Morgan fingerprint density at radius 2 is 2.03 bits per heavy atom. The number of para-hydroxylation sites is 1. The molecule has 1 aliphatic heterocycles. The number of phenols is 2. The second kappa shape index (κ2) is 7.41. The molecule has 29 heavy (non-hydrogen) atoms. The maximum Gasteiger partial charge on any atom is 0.273 e. The third kappa shape index (κ3) is 3.02. The summed E-state index contributed by atoms with van der Waals surface area (Å²) in [6.07, 6.45) is 0. The number of phenolic OH excluding ortho intramolecular Hbond substituents is 2. The van der Waals surface area contributed by atoms with Crippen LogP contribution in [-0.2, 0) is 0 Å². The molecule has 9 heteroatoms. The Morgan fingerprint density at radius 1 is 1.28 bits per heavy atom. The number of methoxy groups -OCH3 is 1. The number of aromatic nitrogens is 2. The second-order valence-corrected chi connectivity index (χ2v) is 7.41. The van der Waals surface area contributed by atoms with Gasteiger partial charge in [0.15, 0.2) is 11.5 Å². The van der Waals surface area contributed by atoms with Crippen LogP contribution in [0.3, 0.4) is 0 Å². The predicted octanol–water partition coefficient (Wildman–Crippen LogP) is 2.80. The molecular weight excluding hydrogens is 442 g/mol. The molecule has 0 spiro atoms. The predicted molar refractivity (Wildman–Crippen MR) is 108 cm³/mol. The number of ether oxygens (including phenoxy) is 1. The maximum atomic E-state index is 13.0. The molecule has 0 saturated heterocycles. The number of rotatable bonds is 5. The Bertz CT molecular complexity index is 1100. The van der Waals surface area contributed by atoms with Crippen LogP contribution in [-0.4, -0.2) is 56.6 Å². The van der Waals surface area contributed by atoms with Gasteiger partial charge < -0.3 is 25.0 Å². The molecule has 1 amide bonds. The Labute approximate surface area is 174 Å². The van der Waals surface area contributed by atoms with E-state index in [1.54, 1.807) is 36.4 Å². The number of hydrogen-bond donors (Lipinski definition) is 4. The van der Waals surface area contributed by atoms with Crippen LogP contribution in [0.2, 0.25) is 0 Å². The molecular formula is C20H18BrN3O5. The van der Waals surface area contributed by atoms with Gasteiger partial charge in [-0.1, -0.05) is 12.1 Å². The second-order valence-electron chi connectivity index (χ2n) is 6.56. The summed E-state index contributed by atoms with van der Waals surface area (Å²) in [5.74, 6) is -0.0797. The van der Waals surface area contributed by atoms with E-state index in [-0.39, 0.29) is 36.3 Å². The van der Waals surface area contributed by atoms with Crippen molar-refractivity contribution in [2.75, 3.05) is 20.3 Å². The van der Waals surface area contributed by atoms with Gasteiger partial charge in [0.25, 0.3) is 5.91 Å². The topological polar surface area (TPSA) is 119 Å². The highest BCUT2D eigenvalue weighted by Gasteiger charge is 2.42. The minimum atomic E-state index is -0.594. The molecule has 2 aromatic carbocycles. The molecule has 1 aliphatic rings. The smallest absolute Gasteiger partial charge is 0.273 e. The van der Waals surface area contributed by atoms with E-state index >= 15 is 0 Å². The molecule has 4 N–H and O–H groups in total. The summed E-state index contributed by atoms with van der Waals surface area (Å²) >= 11 is 3.32. The Balaban J connectivity index is 1.95. The molecule has 4 rings (SSSR count). The normalized spacial score (nSPS) is 15.6. The summed E-state index contributed by atoms with van der Waals surface area (Å²) in [5.41, 5.74) is 2.47. The molecule has 0 fully saturated rings. The van der Waals surface area contributed by atoms with Gasteiger partial charge in [0.1, 0.15) is 17.1 Å². The van der Waals surface area contributed by atoms with Crippen LogP contribution in [0.1, 0.15) is 27.7 Å². The van der Waals surface area contributed by atoms with E-state index in [0.717, 1.165) is 0 Å². The first-order chi connectivity index (χ1) is 14.0. The fraction of sp³-hybridized carbons (Fsp3) is 0.200. The lowest BCUT2D eigenvalue weighted by molar-refractivity contribution is 0.0706. The number of benzene rings is 2. The summed E-state index contributed by atoms with van der Waals surface area (Å²) in [5, 5.41) is 37.1. The largest absolute Gasteiger partial charge is 0.507 e. The Morgan fingerprint density at radius 3 is 2.72 bits per heavy atom. The quantitative estimate of drug-likeness (QED) is 0.465. The zero-order valence-electron chi connectivity index (χ0n) is 15.4. The third-order valence-electron chi connectivity index (χ3n) is 4.95. The van der Waals surface area contributed by atoms with Crippen LogP contribution >= 0.6 is 15.9 Å². The number of aromatic amines is 1. The van der Waals surface area contributed by atoms with E-state index in [2.05, 4.69) is 26.1 Å². The summed E-state index contributed by atoms with van der Waals surface area (Å²) in [6.45, 7) is -0.116. The van der Waals surface area contributed by atoms with Gasteiger partial charge in [-0.3, -0.25) is 9.89 Å². The average Bonchev–Trinajstić information content (AvgIpc) is 3.24. The van der Waals surface area contributed by atoms with Crippen molar-refractivity contribution in [3.8, 4) is 28.5 Å². The number of aromatic hydroxyl groups is 2. The monoisotopic (exact) mass is 459 g/mol. The molecule has 0 unspecified atom stereocenters. The van der Waals surface area contributed by atoms with Gasteiger partial charge in [-0.15, -0.1) is 0 Å². The number of aliphatic hydroxyl groups excluding tert-OH is 1. The maximum absolute atomic E-state index is 13.0. The van der Waals surface area contributed by atoms with E-state index in [1.807, 2.05) is 0 Å². The average molecular weight is 460 g/mol. The van der Waals surface area contributed by atoms with Gasteiger partial charge in [0.2, 0.25) is 0 Å². The first kappa shape index (κ1) is 19.3. The number of fused-ring (bicyclic) bond motifs is 1. The van der Waals surface area contributed by atoms with Crippen LogP contribution in [0.5, 0.6) is 17.2 Å². The first-order valence-corrected chi connectivity index (χ1v) is 9.62. The molecule has 8 nitrogen and oxygen atoms in total. The van der Waals surface area contributed by atoms with Gasteiger partial charge in [0.05, 0.1) is 24.2 Å². The van der Waals surface area contributed by atoms with E-state index in [0.29, 0.717) is 32.6 Å². The summed E-state index contributed by atoms with van der Waals surface area (Å²) in [6, 6.07) is 9.48. The van der Waals surface area contributed by atoms with Gasteiger partial charge in [-0.25, -0.2) is 0 Å². The standard InChI is InChI=1S/C20H18BrN3O5/c1-29-14-9-10(8-12(21)19(14)27)18-15-16(11-4-2-3-5-13(11)26)22-23-17(15)20(28)24(18)6-7-25/h2-5,8-9,18,25-27H,6-7H2,1H3,(H,22,23)/t18-/m1/s1. The van der Waals surface area contributed by atoms with Crippen molar-refractivity contribution in [2.45, 2.75) is 6.04 Å². The van der Waals surface area contributed by atoms with Gasteiger partial charge in [-0.2, -0.15) is 5.10 Å². The summed E-state index contributed by atoms with van der Waals surface area (Å²) in [7, 11) is 1.44. The summed E-state index contributed by atoms with van der Waals surface area (Å²) in [4.78, 5) is 14.5. The van der Waals surface area contributed by atoms with Crippen LogP contribution in [0.25, 0.3) is 11.3 Å². The third-order valence-corrected chi connectivity index (χ3v) is 5.55. The number of nitrogens with one attached hydrogen (secondary N) is 1. The molecule has 1 aromatic heterocycles. The van der Waals surface area contributed by atoms with Crippen molar-refractivity contribution < 1.29 is 24.9 Å². The van der Waals surface area contributed by atoms with Crippen molar-refractivity contribution in [1.29, 1.82) is 0 Å². The van der Waals surface area contributed by atoms with Crippen molar-refractivity contribution in [2.24, 2.45) is 0 Å². The number of halogens is 1. The number of carbonyl (C=O) groups is 1. The first-order valence-electron chi connectivity index (χ1n) is 8.82. The highest BCUT2D eigenvalue weighted by Crippen LogP contribution is 2.47. The lowest BCUT2D eigenvalue weighted by Crippen LogP contribution is -2.32. The lowest BCUT2D eigenvalue weighted by Gasteiger charge is -2.26. The molecule has 3 aromatic rings. The molecule has 0 aliphatic carbocycles. The number of β-amino-alcohol motifs (C(OH)–C–C–N with tert-alkyl or cyclic N) is 1. The highest BCUT2D eigenvalue weighted by atomic mass is 79.9. The Kier molecular flexibility index (Phi) is 4.93. The van der Waals surface area contributed by atoms with Crippen molar-refractivity contribution in [3.05, 3.63) is 57.7 Å². The number of aliphatic hydroxyl groups is 1. The molecule has 150 valence electrons. The molecule has 0 bridgehead atoms. The lowest BCUT2D eigenvalue weighted by atomic mass is 9.95. The van der Waals surface area contributed by atoms with Crippen molar-refractivity contribution in [1.82, 2.24) is 15.1 Å². The van der Waals surface area contributed by atoms with Gasteiger partial charge in [0, 0.05) is 17.7 Å². The molecule has 2 heterocycles. The molecule has 0 saturated carbocycles. The van der Waals surface area contributed by atoms with Gasteiger partial charge >= 0.3 is 0 Å². The van der Waals surface area contributed by atoms with E-state index < -0.39 is 6.04 Å². The van der Waals surface area contributed by atoms with E-state index in [1.165, 1.54) is 12.0 Å².